The van der Waals surface area contributed by atoms with Crippen LogP contribution in [0.25, 0.3) is 0 Å². The number of hydrogen-bond donors (Lipinski definition) is 1. The van der Waals surface area contributed by atoms with E-state index in [1.54, 1.807) is 6.07 Å². The van der Waals surface area contributed by atoms with E-state index in [1.165, 1.54) is 0 Å². The summed E-state index contributed by atoms with van der Waals surface area (Å²) in [6, 6.07) is 4.24. The van der Waals surface area contributed by atoms with E-state index in [0.29, 0.717) is 11.3 Å². The third-order valence-corrected chi connectivity index (χ3v) is 2.38. The maximum absolute atomic E-state index is 5.65. The zero-order valence-corrected chi connectivity index (χ0v) is 8.90. The molecule has 0 aromatic carbocycles. The van der Waals surface area contributed by atoms with Gasteiger partial charge in [0, 0.05) is 6.04 Å². The normalized spacial score (nSPS) is 11.1. The van der Waals surface area contributed by atoms with Crippen LogP contribution in [0.5, 0.6) is 0 Å². The summed E-state index contributed by atoms with van der Waals surface area (Å²) in [4.78, 5) is 0. The van der Waals surface area contributed by atoms with Gasteiger partial charge in [-0.1, -0.05) is 13.8 Å². The molecule has 0 radical (unpaired) electrons. The molecule has 1 rings (SSSR count). The van der Waals surface area contributed by atoms with Crippen molar-refractivity contribution >= 4 is 11.6 Å². The van der Waals surface area contributed by atoms with Gasteiger partial charge in [0.25, 0.3) is 0 Å². The van der Waals surface area contributed by atoms with Crippen LogP contribution in [0.3, 0.4) is 0 Å². The van der Waals surface area contributed by atoms with E-state index in [1.807, 2.05) is 6.07 Å². The van der Waals surface area contributed by atoms with E-state index < -0.39 is 0 Å². The highest BCUT2D eigenvalue weighted by molar-refractivity contribution is 6.28. The summed E-state index contributed by atoms with van der Waals surface area (Å²) in [7, 11) is 0. The molecule has 13 heavy (non-hydrogen) atoms. The number of halogens is 1. The lowest BCUT2D eigenvalue weighted by atomic mass is 10.2. The van der Waals surface area contributed by atoms with Gasteiger partial charge in [0.05, 0.1) is 6.54 Å². The molecule has 3 heteroatoms. The van der Waals surface area contributed by atoms with Crippen molar-refractivity contribution in [2.45, 2.75) is 39.3 Å². The Hall–Kier alpha value is -0.470. The molecule has 0 fully saturated rings. The van der Waals surface area contributed by atoms with Crippen LogP contribution in [0, 0.1) is 0 Å². The predicted octanol–water partition coefficient (Wildman–Crippen LogP) is 3.21. The maximum atomic E-state index is 5.65. The molecule has 0 saturated heterocycles. The fourth-order valence-electron chi connectivity index (χ4n) is 1.27. The van der Waals surface area contributed by atoms with E-state index in [2.05, 4.69) is 19.2 Å². The molecule has 0 unspecified atom stereocenters. The van der Waals surface area contributed by atoms with Gasteiger partial charge < -0.3 is 9.73 Å². The lowest BCUT2D eigenvalue weighted by Crippen LogP contribution is -2.26. The summed E-state index contributed by atoms with van der Waals surface area (Å²) >= 11 is 5.65. The molecule has 0 saturated carbocycles. The number of furan rings is 1. The van der Waals surface area contributed by atoms with Gasteiger partial charge in [-0.25, -0.2) is 0 Å². The summed E-state index contributed by atoms with van der Waals surface area (Å²) in [5.74, 6) is 0.900. The van der Waals surface area contributed by atoms with Gasteiger partial charge >= 0.3 is 0 Å². The first-order valence-electron chi connectivity index (χ1n) is 4.73. The molecule has 1 aromatic heterocycles. The van der Waals surface area contributed by atoms with Gasteiger partial charge in [-0.15, -0.1) is 0 Å². The van der Waals surface area contributed by atoms with E-state index in [4.69, 9.17) is 16.0 Å². The maximum Gasteiger partial charge on any atom is 0.193 e. The van der Waals surface area contributed by atoms with Crippen molar-refractivity contribution in [3.63, 3.8) is 0 Å². The first-order valence-corrected chi connectivity index (χ1v) is 5.11. The average molecular weight is 202 g/mol. The number of nitrogens with one attached hydrogen (secondary N) is 1. The van der Waals surface area contributed by atoms with Gasteiger partial charge in [-0.3, -0.25) is 0 Å². The second-order valence-corrected chi connectivity index (χ2v) is 3.47. The van der Waals surface area contributed by atoms with Crippen LogP contribution in [0.2, 0.25) is 5.22 Å². The van der Waals surface area contributed by atoms with Crippen LogP contribution in [0.15, 0.2) is 16.5 Å². The summed E-state index contributed by atoms with van der Waals surface area (Å²) in [5, 5.41) is 3.86. The Morgan fingerprint density at radius 3 is 2.54 bits per heavy atom. The Labute approximate surface area is 84.3 Å². The minimum absolute atomic E-state index is 0.460. The van der Waals surface area contributed by atoms with Gasteiger partial charge in [-0.2, -0.15) is 0 Å². The van der Waals surface area contributed by atoms with Crippen molar-refractivity contribution in [2.75, 3.05) is 0 Å². The SMILES string of the molecule is CCC(CC)NCc1ccc(Cl)o1. The Kier molecular flexibility index (Phi) is 4.33. The molecule has 0 aliphatic rings. The zero-order valence-electron chi connectivity index (χ0n) is 8.14. The standard InChI is InChI=1S/C10H16ClNO/c1-3-8(4-2)12-7-9-5-6-10(11)13-9/h5-6,8,12H,3-4,7H2,1-2H3. The second kappa shape index (κ2) is 5.30. The third kappa shape index (κ3) is 3.41. The zero-order chi connectivity index (χ0) is 9.68. The lowest BCUT2D eigenvalue weighted by molar-refractivity contribution is 0.430. The van der Waals surface area contributed by atoms with E-state index >= 15 is 0 Å². The van der Waals surface area contributed by atoms with Gasteiger partial charge in [0.1, 0.15) is 5.76 Å². The molecule has 2 nitrogen and oxygen atoms in total. The minimum Gasteiger partial charge on any atom is -0.448 e. The Morgan fingerprint density at radius 2 is 2.08 bits per heavy atom. The van der Waals surface area contributed by atoms with Crippen LogP contribution in [-0.2, 0) is 6.54 Å². The van der Waals surface area contributed by atoms with Crippen LogP contribution in [0.1, 0.15) is 32.4 Å². The molecule has 0 aliphatic carbocycles. The van der Waals surface area contributed by atoms with Gasteiger partial charge in [0.2, 0.25) is 0 Å². The van der Waals surface area contributed by atoms with Crippen molar-refractivity contribution in [2.24, 2.45) is 0 Å². The quantitative estimate of drug-likeness (QED) is 0.792. The first-order chi connectivity index (χ1) is 6.26. The molecule has 0 spiro atoms. The van der Waals surface area contributed by atoms with Gasteiger partial charge in [0.15, 0.2) is 5.22 Å². The number of hydrogen-bond acceptors (Lipinski definition) is 2. The van der Waals surface area contributed by atoms with Crippen molar-refractivity contribution in [3.8, 4) is 0 Å². The molecular weight excluding hydrogens is 186 g/mol. The van der Waals surface area contributed by atoms with Crippen LogP contribution in [-0.4, -0.2) is 6.04 Å². The van der Waals surface area contributed by atoms with E-state index in [-0.39, 0.29) is 0 Å². The fourth-order valence-corrected chi connectivity index (χ4v) is 1.43. The fraction of sp³-hybridized carbons (Fsp3) is 0.600. The Balaban J connectivity index is 2.33. The van der Waals surface area contributed by atoms with Crippen molar-refractivity contribution in [3.05, 3.63) is 23.1 Å². The topological polar surface area (TPSA) is 25.2 Å². The van der Waals surface area contributed by atoms with Gasteiger partial charge in [-0.05, 0) is 36.6 Å². The lowest BCUT2D eigenvalue weighted by Gasteiger charge is -2.12. The molecule has 1 aromatic rings. The highest BCUT2D eigenvalue weighted by Gasteiger charge is 2.04. The molecule has 74 valence electrons. The third-order valence-electron chi connectivity index (χ3n) is 2.18. The van der Waals surface area contributed by atoms with Crippen LogP contribution < -0.4 is 5.32 Å². The average Bonchev–Trinajstić information content (AvgIpc) is 2.53. The largest absolute Gasteiger partial charge is 0.448 e. The highest BCUT2D eigenvalue weighted by atomic mass is 35.5. The highest BCUT2D eigenvalue weighted by Crippen LogP contribution is 2.13. The molecule has 1 heterocycles. The molecule has 0 amide bonds. The predicted molar refractivity (Wildman–Crippen MR) is 54.9 cm³/mol. The summed E-state index contributed by atoms with van der Waals surface area (Å²) in [6.07, 6.45) is 2.29. The molecule has 0 bridgehead atoms. The molecule has 0 atom stereocenters. The summed E-state index contributed by atoms with van der Waals surface area (Å²) < 4.78 is 5.23. The van der Waals surface area contributed by atoms with Crippen molar-refractivity contribution < 1.29 is 4.42 Å². The van der Waals surface area contributed by atoms with Crippen LogP contribution >= 0.6 is 11.6 Å². The van der Waals surface area contributed by atoms with Crippen LogP contribution in [0.4, 0.5) is 0 Å². The molecular formula is C10H16ClNO. The molecule has 0 aliphatic heterocycles. The van der Waals surface area contributed by atoms with E-state index in [9.17, 15) is 0 Å². The minimum atomic E-state index is 0.460. The molecule has 1 N–H and O–H groups in total. The second-order valence-electron chi connectivity index (χ2n) is 3.10. The van der Waals surface area contributed by atoms with Crippen molar-refractivity contribution in [1.29, 1.82) is 0 Å². The number of rotatable bonds is 5. The first kappa shape index (κ1) is 10.6. The monoisotopic (exact) mass is 201 g/mol. The smallest absolute Gasteiger partial charge is 0.193 e. The van der Waals surface area contributed by atoms with E-state index in [0.717, 1.165) is 25.1 Å². The van der Waals surface area contributed by atoms with Crippen molar-refractivity contribution in [1.82, 2.24) is 5.32 Å². The summed E-state index contributed by atoms with van der Waals surface area (Å²) in [6.45, 7) is 5.12. The Bertz CT molecular complexity index is 243. The Morgan fingerprint density at radius 1 is 1.38 bits per heavy atom. The summed E-state index contributed by atoms with van der Waals surface area (Å²) in [5.41, 5.74) is 0.